The van der Waals surface area contributed by atoms with Crippen LogP contribution in [0.1, 0.15) is 35.4 Å². The summed E-state index contributed by atoms with van der Waals surface area (Å²) < 4.78 is 13.7. The maximum atomic E-state index is 6.47. The summed E-state index contributed by atoms with van der Waals surface area (Å²) in [4.78, 5) is 0. The molecule has 5 rings (SSSR count). The molecule has 4 nitrogen and oxygen atoms in total. The summed E-state index contributed by atoms with van der Waals surface area (Å²) in [6, 6.07) is 19.9. The first-order valence-electron chi connectivity index (χ1n) is 9.45. The maximum absolute atomic E-state index is 6.47. The second-order valence-electron chi connectivity index (χ2n) is 7.20. The Morgan fingerprint density at radius 3 is 2.50 bits per heavy atom. The molecule has 0 bridgehead atoms. The van der Waals surface area contributed by atoms with Gasteiger partial charge in [-0.2, -0.15) is 5.10 Å². The van der Waals surface area contributed by atoms with E-state index in [1.54, 1.807) is 7.11 Å². The lowest BCUT2D eigenvalue weighted by Gasteiger charge is -2.38. The third kappa shape index (κ3) is 3.51. The second-order valence-corrected chi connectivity index (χ2v) is 9.41. The molecule has 0 radical (unpaired) electrons. The molecule has 0 saturated heterocycles. The van der Waals surface area contributed by atoms with Crippen molar-refractivity contribution in [2.75, 3.05) is 7.11 Å². The van der Waals surface area contributed by atoms with Crippen molar-refractivity contribution >= 4 is 49.2 Å². The lowest BCUT2D eigenvalue weighted by Crippen LogP contribution is -2.33. The van der Waals surface area contributed by atoms with E-state index in [4.69, 9.17) is 26.2 Å². The Balaban J connectivity index is 1.60. The van der Waals surface area contributed by atoms with Crippen molar-refractivity contribution in [3.05, 3.63) is 91.3 Å². The van der Waals surface area contributed by atoms with Crippen LogP contribution in [0.3, 0.4) is 0 Å². The van der Waals surface area contributed by atoms with E-state index in [9.17, 15) is 0 Å². The van der Waals surface area contributed by atoms with Crippen molar-refractivity contribution in [3.63, 3.8) is 0 Å². The van der Waals surface area contributed by atoms with Gasteiger partial charge in [-0.3, -0.25) is 0 Å². The highest BCUT2D eigenvalue weighted by Crippen LogP contribution is 2.50. The molecule has 0 spiro atoms. The first-order valence-corrected chi connectivity index (χ1v) is 11.4. The maximum Gasteiger partial charge on any atom is 0.213 e. The summed E-state index contributed by atoms with van der Waals surface area (Å²) in [6.07, 6.45) is 0.448. The minimum absolute atomic E-state index is 0.0697. The predicted molar refractivity (Wildman–Crippen MR) is 125 cm³/mol. The third-order valence-corrected chi connectivity index (χ3v) is 6.69. The number of halogens is 3. The fourth-order valence-electron chi connectivity index (χ4n) is 3.92. The molecule has 2 atom stereocenters. The van der Waals surface area contributed by atoms with Gasteiger partial charge in [0, 0.05) is 27.0 Å². The first kappa shape index (κ1) is 19.9. The number of hydrogen-bond acceptors (Lipinski definition) is 4. The van der Waals surface area contributed by atoms with Crippen LogP contribution in [0.5, 0.6) is 11.5 Å². The van der Waals surface area contributed by atoms with E-state index in [1.807, 2.05) is 54.6 Å². The highest BCUT2D eigenvalue weighted by molar-refractivity contribution is 9.11. The van der Waals surface area contributed by atoms with Crippen molar-refractivity contribution < 1.29 is 9.47 Å². The van der Waals surface area contributed by atoms with E-state index in [2.05, 4.69) is 42.9 Å². The van der Waals surface area contributed by atoms with Crippen LogP contribution in [-0.2, 0) is 0 Å². The van der Waals surface area contributed by atoms with E-state index >= 15 is 0 Å². The SMILES string of the molecule is COc1ccc(C2=NN3[C@H](C2)c2cc(Br)cc(Br)c2O[C@H]3c2ccc(Cl)cc2)cc1. The minimum Gasteiger partial charge on any atom is -0.497 e. The molecule has 0 aromatic heterocycles. The molecular weight excluding hydrogens is 532 g/mol. The van der Waals surface area contributed by atoms with Crippen LogP contribution in [-0.4, -0.2) is 17.8 Å². The van der Waals surface area contributed by atoms with Crippen LogP contribution in [0, 0.1) is 0 Å². The number of rotatable bonds is 3. The molecule has 7 heteroatoms. The summed E-state index contributed by atoms with van der Waals surface area (Å²) in [6.45, 7) is 0. The summed E-state index contributed by atoms with van der Waals surface area (Å²) >= 11 is 13.4. The van der Waals surface area contributed by atoms with Crippen molar-refractivity contribution in [1.29, 1.82) is 0 Å². The molecule has 3 aromatic carbocycles. The van der Waals surface area contributed by atoms with Gasteiger partial charge in [0.25, 0.3) is 0 Å². The number of fused-ring (bicyclic) bond motifs is 3. The van der Waals surface area contributed by atoms with Gasteiger partial charge in [0.15, 0.2) is 0 Å². The third-order valence-electron chi connectivity index (χ3n) is 5.39. The Kier molecular flexibility index (Phi) is 5.25. The molecule has 2 heterocycles. The van der Waals surface area contributed by atoms with Crippen LogP contribution in [0.2, 0.25) is 5.02 Å². The topological polar surface area (TPSA) is 34.1 Å². The van der Waals surface area contributed by atoms with Crippen LogP contribution < -0.4 is 9.47 Å². The fourth-order valence-corrected chi connectivity index (χ4v) is 5.40. The summed E-state index contributed by atoms with van der Waals surface area (Å²) in [7, 11) is 1.67. The average molecular weight is 549 g/mol. The molecule has 30 heavy (non-hydrogen) atoms. The molecule has 0 fully saturated rings. The number of nitrogens with zero attached hydrogens (tertiary/aromatic N) is 2. The molecule has 2 aliphatic rings. The molecule has 0 N–H and O–H groups in total. The molecule has 152 valence electrons. The number of hydrazone groups is 1. The number of methoxy groups -OCH3 is 1. The molecule has 0 amide bonds. The average Bonchev–Trinajstić information content (AvgIpc) is 3.20. The van der Waals surface area contributed by atoms with Gasteiger partial charge in [-0.1, -0.05) is 39.7 Å². The van der Waals surface area contributed by atoms with E-state index in [0.29, 0.717) is 5.02 Å². The van der Waals surface area contributed by atoms with Crippen LogP contribution in [0.4, 0.5) is 0 Å². The zero-order valence-electron chi connectivity index (χ0n) is 16.0. The van der Waals surface area contributed by atoms with Crippen LogP contribution in [0.15, 0.2) is 74.7 Å². The van der Waals surface area contributed by atoms with Gasteiger partial charge in [-0.25, -0.2) is 5.01 Å². The quantitative estimate of drug-likeness (QED) is 0.350. The number of hydrogen-bond donors (Lipinski definition) is 0. The van der Waals surface area contributed by atoms with Crippen molar-refractivity contribution in [3.8, 4) is 11.5 Å². The first-order chi connectivity index (χ1) is 14.5. The van der Waals surface area contributed by atoms with Crippen LogP contribution >= 0.6 is 43.5 Å². The Morgan fingerprint density at radius 2 is 1.80 bits per heavy atom. The lowest BCUT2D eigenvalue weighted by molar-refractivity contribution is -0.0197. The Morgan fingerprint density at radius 1 is 1.07 bits per heavy atom. The zero-order chi connectivity index (χ0) is 20.8. The normalized spacial score (nSPS) is 19.6. The van der Waals surface area contributed by atoms with Gasteiger partial charge in [-0.05, 0) is 70.0 Å². The van der Waals surface area contributed by atoms with Crippen molar-refractivity contribution in [2.45, 2.75) is 18.7 Å². The smallest absolute Gasteiger partial charge is 0.213 e. The summed E-state index contributed by atoms with van der Waals surface area (Å²) in [5.41, 5.74) is 4.21. The molecule has 0 aliphatic carbocycles. The number of benzene rings is 3. The molecular formula is C23H17Br2ClN2O2. The minimum atomic E-state index is -0.340. The monoisotopic (exact) mass is 546 g/mol. The van der Waals surface area contributed by atoms with Gasteiger partial charge >= 0.3 is 0 Å². The van der Waals surface area contributed by atoms with Gasteiger partial charge in [0.1, 0.15) is 11.5 Å². The summed E-state index contributed by atoms with van der Waals surface area (Å²) in [5.74, 6) is 1.68. The predicted octanol–water partition coefficient (Wildman–Crippen LogP) is 7.12. The van der Waals surface area contributed by atoms with Crippen LogP contribution in [0.25, 0.3) is 0 Å². The second kappa shape index (κ2) is 7.91. The highest BCUT2D eigenvalue weighted by atomic mass is 79.9. The summed E-state index contributed by atoms with van der Waals surface area (Å²) in [5, 5.41) is 7.75. The Bertz CT molecular complexity index is 1130. The number of ether oxygens (including phenoxy) is 2. The van der Waals surface area contributed by atoms with Crippen molar-refractivity contribution in [2.24, 2.45) is 5.10 Å². The van der Waals surface area contributed by atoms with E-state index in [0.717, 1.165) is 49.3 Å². The molecule has 3 aromatic rings. The van der Waals surface area contributed by atoms with Gasteiger partial charge in [-0.15, -0.1) is 0 Å². The largest absolute Gasteiger partial charge is 0.497 e. The van der Waals surface area contributed by atoms with E-state index in [1.165, 1.54) is 0 Å². The van der Waals surface area contributed by atoms with Gasteiger partial charge in [0.2, 0.25) is 6.23 Å². The highest BCUT2D eigenvalue weighted by Gasteiger charge is 2.41. The Hall–Kier alpha value is -2.02. The lowest BCUT2D eigenvalue weighted by atomic mass is 9.96. The van der Waals surface area contributed by atoms with E-state index < -0.39 is 0 Å². The zero-order valence-corrected chi connectivity index (χ0v) is 19.9. The van der Waals surface area contributed by atoms with E-state index in [-0.39, 0.29) is 12.3 Å². The fraction of sp³-hybridized carbons (Fsp3) is 0.174. The Labute approximate surface area is 196 Å². The molecule has 2 aliphatic heterocycles. The molecule has 0 unspecified atom stereocenters. The van der Waals surface area contributed by atoms with Crippen molar-refractivity contribution in [1.82, 2.24) is 5.01 Å². The standard InChI is InChI=1S/C23H17Br2ClN2O2/c1-29-17-8-4-13(5-9-17)20-12-21-18-10-15(24)11-19(25)22(18)30-23(28(21)27-20)14-2-6-16(26)7-3-14/h2-11,21,23H,12H2,1H3/t21-,23+/m1/s1. The van der Waals surface area contributed by atoms with Gasteiger partial charge in [0.05, 0.1) is 23.3 Å². The van der Waals surface area contributed by atoms with Gasteiger partial charge < -0.3 is 9.47 Å². The molecule has 0 saturated carbocycles.